The number of carbonyl (C=O) groups excluding carboxylic acids is 1. The lowest BCUT2D eigenvalue weighted by Gasteiger charge is -2.14. The van der Waals surface area contributed by atoms with Crippen molar-refractivity contribution < 1.29 is 17.6 Å². The number of rotatable bonds is 6. The van der Waals surface area contributed by atoms with Gasteiger partial charge in [0, 0.05) is 18.8 Å². The topological polar surface area (TPSA) is 88.2 Å². The summed E-state index contributed by atoms with van der Waals surface area (Å²) < 4.78 is 35.5. The van der Waals surface area contributed by atoms with Crippen LogP contribution in [-0.2, 0) is 9.84 Å². The minimum atomic E-state index is -3.20. The van der Waals surface area contributed by atoms with Crippen LogP contribution in [0.25, 0.3) is 0 Å². The predicted octanol–water partition coefficient (Wildman–Crippen LogP) is 0.815. The third kappa shape index (κ3) is 5.12. The van der Waals surface area contributed by atoms with Gasteiger partial charge in [0.25, 0.3) is 5.91 Å². The van der Waals surface area contributed by atoms with Gasteiger partial charge in [0.1, 0.15) is 21.5 Å². The van der Waals surface area contributed by atoms with Crippen LogP contribution in [0.2, 0.25) is 0 Å². The quantitative estimate of drug-likeness (QED) is 0.812. The highest BCUT2D eigenvalue weighted by Gasteiger charge is 2.18. The molecule has 1 rings (SSSR count). The summed E-state index contributed by atoms with van der Waals surface area (Å²) in [4.78, 5) is 15.8. The third-order valence-corrected chi connectivity index (χ3v) is 3.48. The molecule has 0 fully saturated rings. The van der Waals surface area contributed by atoms with E-state index in [1.165, 1.54) is 0 Å². The summed E-state index contributed by atoms with van der Waals surface area (Å²) in [6.45, 7) is 3.91. The number of amides is 1. The maximum atomic E-state index is 13.2. The van der Waals surface area contributed by atoms with Crippen LogP contribution in [0.15, 0.2) is 12.3 Å². The fourth-order valence-corrected chi connectivity index (χ4v) is 2.71. The number of halogens is 1. The van der Waals surface area contributed by atoms with Gasteiger partial charge in [-0.15, -0.1) is 0 Å². The fourth-order valence-electron chi connectivity index (χ4n) is 1.72. The van der Waals surface area contributed by atoms with Crippen molar-refractivity contribution in [2.75, 3.05) is 23.9 Å². The maximum absolute atomic E-state index is 13.2. The van der Waals surface area contributed by atoms with Gasteiger partial charge in [-0.25, -0.2) is 17.8 Å². The molecule has 0 saturated heterocycles. The first-order valence-corrected chi connectivity index (χ1v) is 8.17. The summed E-state index contributed by atoms with van der Waals surface area (Å²) in [5.74, 6) is -1.12. The molecule has 0 aliphatic carbocycles. The number of aromatic nitrogens is 1. The van der Waals surface area contributed by atoms with E-state index in [1.807, 2.05) is 6.92 Å². The Morgan fingerprint density at radius 1 is 1.50 bits per heavy atom. The van der Waals surface area contributed by atoms with E-state index in [4.69, 9.17) is 0 Å². The molecule has 0 spiro atoms. The van der Waals surface area contributed by atoms with Crippen molar-refractivity contribution in [3.63, 3.8) is 0 Å². The predicted molar refractivity (Wildman–Crippen MR) is 75.0 cm³/mol. The average Bonchev–Trinajstić information content (AvgIpc) is 2.29. The highest BCUT2D eigenvalue weighted by Crippen LogP contribution is 2.13. The largest absolute Gasteiger partial charge is 0.370 e. The minimum Gasteiger partial charge on any atom is -0.370 e. The van der Waals surface area contributed by atoms with Crippen molar-refractivity contribution in [2.45, 2.75) is 19.9 Å². The molecule has 0 radical (unpaired) electrons. The van der Waals surface area contributed by atoms with Gasteiger partial charge in [-0.3, -0.25) is 4.79 Å². The Morgan fingerprint density at radius 2 is 2.15 bits per heavy atom. The van der Waals surface area contributed by atoms with E-state index in [-0.39, 0.29) is 17.1 Å². The summed E-state index contributed by atoms with van der Waals surface area (Å²) in [7, 11) is -3.20. The Hall–Kier alpha value is -1.70. The van der Waals surface area contributed by atoms with Crippen LogP contribution in [0.5, 0.6) is 0 Å². The molecule has 1 aromatic heterocycles. The van der Waals surface area contributed by atoms with Crippen molar-refractivity contribution in [3.8, 4) is 0 Å². The lowest BCUT2D eigenvalue weighted by Crippen LogP contribution is -2.37. The van der Waals surface area contributed by atoms with Gasteiger partial charge >= 0.3 is 0 Å². The number of anilines is 1. The van der Waals surface area contributed by atoms with Crippen LogP contribution in [-0.4, -0.2) is 43.9 Å². The minimum absolute atomic E-state index is 0.0483. The van der Waals surface area contributed by atoms with E-state index in [0.29, 0.717) is 6.54 Å². The van der Waals surface area contributed by atoms with E-state index >= 15 is 0 Å². The normalized spacial score (nSPS) is 12.8. The van der Waals surface area contributed by atoms with E-state index in [2.05, 4.69) is 15.6 Å². The van der Waals surface area contributed by atoms with Crippen LogP contribution >= 0.6 is 0 Å². The Bertz CT molecular complexity index is 590. The van der Waals surface area contributed by atoms with Crippen LogP contribution in [0, 0.1) is 5.82 Å². The highest BCUT2D eigenvalue weighted by atomic mass is 32.2. The van der Waals surface area contributed by atoms with Gasteiger partial charge in [0.15, 0.2) is 0 Å². The van der Waals surface area contributed by atoms with E-state index < -0.39 is 27.6 Å². The molecule has 2 N–H and O–H groups in total. The molecule has 0 aliphatic rings. The Balaban J connectivity index is 2.88. The fraction of sp³-hybridized carbons (Fsp3) is 0.500. The van der Waals surface area contributed by atoms with E-state index in [1.54, 1.807) is 6.92 Å². The molecular formula is C12H18FN3O3S. The molecule has 112 valence electrons. The molecule has 0 aromatic carbocycles. The zero-order chi connectivity index (χ0) is 15.3. The molecule has 1 heterocycles. The van der Waals surface area contributed by atoms with Crippen molar-refractivity contribution in [1.29, 1.82) is 0 Å². The number of hydrogen-bond donors (Lipinski definition) is 2. The smallest absolute Gasteiger partial charge is 0.255 e. The van der Waals surface area contributed by atoms with Gasteiger partial charge in [0.2, 0.25) is 0 Å². The zero-order valence-corrected chi connectivity index (χ0v) is 12.4. The molecule has 1 atom stereocenters. The molecule has 1 aromatic rings. The Labute approximate surface area is 117 Å². The van der Waals surface area contributed by atoms with Gasteiger partial charge in [-0.05, 0) is 19.9 Å². The molecule has 0 aliphatic heterocycles. The second-order valence-corrected chi connectivity index (χ2v) is 6.73. The monoisotopic (exact) mass is 303 g/mol. The standard InChI is InChI=1S/C12H18FN3O3S/c1-4-14-11-10(5-9(13)6-15-11)12(17)16-8(2)7-20(3,18)19/h5-6,8H,4,7H2,1-3H3,(H,14,15)(H,16,17). The summed E-state index contributed by atoms with van der Waals surface area (Å²) in [5, 5.41) is 5.36. The molecular weight excluding hydrogens is 285 g/mol. The van der Waals surface area contributed by atoms with Gasteiger partial charge in [-0.2, -0.15) is 0 Å². The van der Waals surface area contributed by atoms with Crippen molar-refractivity contribution in [2.24, 2.45) is 0 Å². The van der Waals surface area contributed by atoms with Crippen LogP contribution in [0.4, 0.5) is 10.2 Å². The second-order valence-electron chi connectivity index (χ2n) is 4.55. The number of carbonyl (C=O) groups is 1. The first-order valence-electron chi connectivity index (χ1n) is 6.11. The number of pyridine rings is 1. The Morgan fingerprint density at radius 3 is 2.70 bits per heavy atom. The van der Waals surface area contributed by atoms with Crippen LogP contribution in [0.3, 0.4) is 0 Å². The second kappa shape index (κ2) is 6.65. The van der Waals surface area contributed by atoms with Crippen molar-refractivity contribution >= 4 is 21.6 Å². The number of sulfone groups is 1. The molecule has 0 saturated carbocycles. The first kappa shape index (κ1) is 16.4. The molecule has 6 nitrogen and oxygen atoms in total. The van der Waals surface area contributed by atoms with Crippen molar-refractivity contribution in [3.05, 3.63) is 23.6 Å². The first-order chi connectivity index (χ1) is 9.23. The Kier molecular flexibility index (Phi) is 5.43. The number of hydrogen-bond acceptors (Lipinski definition) is 5. The number of nitrogens with one attached hydrogen (secondary N) is 2. The maximum Gasteiger partial charge on any atom is 0.255 e. The lowest BCUT2D eigenvalue weighted by atomic mass is 10.2. The third-order valence-electron chi connectivity index (χ3n) is 2.37. The van der Waals surface area contributed by atoms with Gasteiger partial charge < -0.3 is 10.6 Å². The summed E-state index contributed by atoms with van der Waals surface area (Å²) in [6.07, 6.45) is 2.10. The molecule has 20 heavy (non-hydrogen) atoms. The highest BCUT2D eigenvalue weighted by molar-refractivity contribution is 7.90. The van der Waals surface area contributed by atoms with Gasteiger partial charge in [-0.1, -0.05) is 0 Å². The van der Waals surface area contributed by atoms with Crippen molar-refractivity contribution in [1.82, 2.24) is 10.3 Å². The average molecular weight is 303 g/mol. The summed E-state index contributed by atoms with van der Waals surface area (Å²) >= 11 is 0. The van der Waals surface area contributed by atoms with Gasteiger partial charge in [0.05, 0.1) is 17.5 Å². The zero-order valence-electron chi connectivity index (χ0n) is 11.6. The SMILES string of the molecule is CCNc1ncc(F)cc1C(=O)NC(C)CS(C)(=O)=O. The van der Waals surface area contributed by atoms with E-state index in [0.717, 1.165) is 18.5 Å². The summed E-state index contributed by atoms with van der Waals surface area (Å²) in [5.41, 5.74) is 0.0483. The molecule has 1 amide bonds. The van der Waals surface area contributed by atoms with Crippen LogP contribution in [0.1, 0.15) is 24.2 Å². The summed E-state index contributed by atoms with van der Waals surface area (Å²) in [6, 6.07) is 0.489. The molecule has 0 bridgehead atoms. The molecule has 1 unspecified atom stereocenters. The van der Waals surface area contributed by atoms with Crippen LogP contribution < -0.4 is 10.6 Å². The van der Waals surface area contributed by atoms with E-state index in [9.17, 15) is 17.6 Å². The molecule has 8 heteroatoms. The lowest BCUT2D eigenvalue weighted by molar-refractivity contribution is 0.0943. The number of nitrogens with zero attached hydrogens (tertiary/aromatic N) is 1.